The van der Waals surface area contributed by atoms with Crippen LogP contribution in [0.15, 0.2) is 23.1 Å². The second kappa shape index (κ2) is 3.81. The average Bonchev–Trinajstić information content (AvgIpc) is 2.30. The third-order valence-electron chi connectivity index (χ3n) is 2.12. The van der Waals surface area contributed by atoms with Gasteiger partial charge in [-0.05, 0) is 18.1 Å². The van der Waals surface area contributed by atoms with Gasteiger partial charge in [-0.1, -0.05) is 24.6 Å². The third-order valence-corrected chi connectivity index (χ3v) is 4.01. The molecule has 0 saturated heterocycles. The van der Waals surface area contributed by atoms with Gasteiger partial charge in [0.1, 0.15) is 0 Å². The molecule has 1 aromatic rings. The summed E-state index contributed by atoms with van der Waals surface area (Å²) in [6.45, 7) is 3.29. The standard InChI is InChI=1S/C10H12ClNS/c1-7-5-12-9-4-2-3-8(11)10(9)13-6-7/h2-4,7,12H,5-6H2,1H3. The Morgan fingerprint density at radius 1 is 1.54 bits per heavy atom. The second-order valence-corrected chi connectivity index (χ2v) is 4.85. The number of thioether (sulfide) groups is 1. The highest BCUT2D eigenvalue weighted by molar-refractivity contribution is 7.99. The van der Waals surface area contributed by atoms with Crippen LogP contribution in [-0.2, 0) is 0 Å². The number of anilines is 1. The van der Waals surface area contributed by atoms with Crippen molar-refractivity contribution in [3.63, 3.8) is 0 Å². The number of hydrogen-bond donors (Lipinski definition) is 1. The summed E-state index contributed by atoms with van der Waals surface area (Å²) in [7, 11) is 0. The summed E-state index contributed by atoms with van der Waals surface area (Å²) in [4.78, 5) is 1.20. The van der Waals surface area contributed by atoms with E-state index in [-0.39, 0.29) is 0 Å². The monoisotopic (exact) mass is 213 g/mol. The van der Waals surface area contributed by atoms with Gasteiger partial charge in [-0.15, -0.1) is 11.8 Å². The maximum atomic E-state index is 6.10. The molecule has 1 N–H and O–H groups in total. The Morgan fingerprint density at radius 2 is 2.38 bits per heavy atom. The normalized spacial score (nSPS) is 21.5. The lowest BCUT2D eigenvalue weighted by Crippen LogP contribution is -2.10. The van der Waals surface area contributed by atoms with Crippen molar-refractivity contribution >= 4 is 29.1 Å². The van der Waals surface area contributed by atoms with Gasteiger partial charge in [0, 0.05) is 22.9 Å². The molecule has 70 valence electrons. The summed E-state index contributed by atoms with van der Waals surface area (Å²) in [6, 6.07) is 6.03. The molecule has 1 atom stereocenters. The molecule has 0 saturated carbocycles. The van der Waals surface area contributed by atoms with Crippen molar-refractivity contribution in [3.05, 3.63) is 23.2 Å². The molecule has 0 amide bonds. The molecule has 0 spiro atoms. The van der Waals surface area contributed by atoms with Crippen molar-refractivity contribution in [1.82, 2.24) is 0 Å². The van der Waals surface area contributed by atoms with Gasteiger partial charge in [0.2, 0.25) is 0 Å². The largest absolute Gasteiger partial charge is 0.384 e. The number of halogens is 1. The van der Waals surface area contributed by atoms with Crippen LogP contribution in [0, 0.1) is 5.92 Å². The van der Waals surface area contributed by atoms with Gasteiger partial charge < -0.3 is 5.32 Å². The molecular formula is C10H12ClNS. The van der Waals surface area contributed by atoms with E-state index in [1.807, 2.05) is 23.9 Å². The first-order valence-corrected chi connectivity index (χ1v) is 5.79. The lowest BCUT2D eigenvalue weighted by atomic mass is 10.2. The summed E-state index contributed by atoms with van der Waals surface area (Å²) in [5.74, 6) is 1.84. The molecule has 1 nitrogen and oxygen atoms in total. The van der Waals surface area contributed by atoms with Crippen molar-refractivity contribution in [3.8, 4) is 0 Å². The first-order chi connectivity index (χ1) is 6.27. The molecule has 1 aliphatic heterocycles. The van der Waals surface area contributed by atoms with E-state index < -0.39 is 0 Å². The minimum absolute atomic E-state index is 0.702. The number of fused-ring (bicyclic) bond motifs is 1. The van der Waals surface area contributed by atoms with E-state index in [4.69, 9.17) is 11.6 Å². The maximum absolute atomic E-state index is 6.10. The Labute approximate surface area is 87.9 Å². The number of nitrogens with one attached hydrogen (secondary N) is 1. The molecule has 1 aromatic carbocycles. The van der Waals surface area contributed by atoms with E-state index >= 15 is 0 Å². The molecule has 0 bridgehead atoms. The minimum Gasteiger partial charge on any atom is -0.384 e. The number of rotatable bonds is 0. The van der Waals surface area contributed by atoms with Crippen LogP contribution < -0.4 is 5.32 Å². The lowest BCUT2D eigenvalue weighted by Gasteiger charge is -2.07. The summed E-state index contributed by atoms with van der Waals surface area (Å²) in [5, 5.41) is 4.28. The molecule has 0 fully saturated rings. The maximum Gasteiger partial charge on any atom is 0.0562 e. The molecule has 0 aliphatic carbocycles. The first-order valence-electron chi connectivity index (χ1n) is 4.42. The summed E-state index contributed by atoms with van der Waals surface area (Å²) < 4.78 is 0. The van der Waals surface area contributed by atoms with Crippen LogP contribution in [-0.4, -0.2) is 12.3 Å². The topological polar surface area (TPSA) is 12.0 Å². The van der Waals surface area contributed by atoms with Crippen LogP contribution >= 0.6 is 23.4 Å². The van der Waals surface area contributed by atoms with Crippen LogP contribution in [0.3, 0.4) is 0 Å². The van der Waals surface area contributed by atoms with Gasteiger partial charge in [-0.2, -0.15) is 0 Å². The van der Waals surface area contributed by atoms with Crippen LogP contribution in [0.5, 0.6) is 0 Å². The SMILES string of the molecule is CC1CNc2cccc(Cl)c2SC1. The van der Waals surface area contributed by atoms with Crippen molar-refractivity contribution in [2.75, 3.05) is 17.6 Å². The molecule has 0 aromatic heterocycles. The zero-order chi connectivity index (χ0) is 9.26. The van der Waals surface area contributed by atoms with Crippen molar-refractivity contribution < 1.29 is 0 Å². The Balaban J connectivity index is 2.35. The number of benzene rings is 1. The van der Waals surface area contributed by atoms with Gasteiger partial charge >= 0.3 is 0 Å². The van der Waals surface area contributed by atoms with Crippen molar-refractivity contribution in [1.29, 1.82) is 0 Å². The Bertz CT molecular complexity index is 314. The summed E-state index contributed by atoms with van der Waals surface area (Å²) >= 11 is 7.95. The fourth-order valence-electron chi connectivity index (χ4n) is 1.36. The number of hydrogen-bond acceptors (Lipinski definition) is 2. The van der Waals surface area contributed by atoms with Crippen LogP contribution in [0.4, 0.5) is 5.69 Å². The Kier molecular flexibility index (Phi) is 2.70. The van der Waals surface area contributed by atoms with E-state index in [9.17, 15) is 0 Å². The highest BCUT2D eigenvalue weighted by Gasteiger charge is 2.14. The second-order valence-electron chi connectivity index (χ2n) is 3.41. The predicted molar refractivity (Wildman–Crippen MR) is 59.8 cm³/mol. The zero-order valence-corrected chi connectivity index (χ0v) is 9.08. The van der Waals surface area contributed by atoms with Gasteiger partial charge in [0.05, 0.1) is 5.02 Å². The predicted octanol–water partition coefficient (Wildman–Crippen LogP) is 3.49. The molecule has 1 aliphatic rings. The van der Waals surface area contributed by atoms with Crippen molar-refractivity contribution in [2.24, 2.45) is 5.92 Å². The highest BCUT2D eigenvalue weighted by Crippen LogP contribution is 2.37. The fourth-order valence-corrected chi connectivity index (χ4v) is 2.77. The van der Waals surface area contributed by atoms with E-state index in [1.54, 1.807) is 0 Å². The fraction of sp³-hybridized carbons (Fsp3) is 0.400. The van der Waals surface area contributed by atoms with E-state index in [2.05, 4.69) is 18.3 Å². The molecule has 13 heavy (non-hydrogen) atoms. The molecule has 2 rings (SSSR count). The first kappa shape index (κ1) is 9.22. The van der Waals surface area contributed by atoms with E-state index in [1.165, 1.54) is 10.6 Å². The quantitative estimate of drug-likeness (QED) is 0.708. The molecule has 3 heteroatoms. The molecular weight excluding hydrogens is 202 g/mol. The molecule has 0 radical (unpaired) electrons. The Hall–Kier alpha value is -0.340. The van der Waals surface area contributed by atoms with Gasteiger partial charge in [-0.25, -0.2) is 0 Å². The Morgan fingerprint density at radius 3 is 3.23 bits per heavy atom. The summed E-state index contributed by atoms with van der Waals surface area (Å²) in [6.07, 6.45) is 0. The lowest BCUT2D eigenvalue weighted by molar-refractivity contribution is 0.705. The van der Waals surface area contributed by atoms with Crippen LogP contribution in [0.2, 0.25) is 5.02 Å². The minimum atomic E-state index is 0.702. The molecule has 1 unspecified atom stereocenters. The molecule has 1 heterocycles. The third kappa shape index (κ3) is 1.94. The highest BCUT2D eigenvalue weighted by atomic mass is 35.5. The average molecular weight is 214 g/mol. The van der Waals surface area contributed by atoms with E-state index in [0.29, 0.717) is 5.92 Å². The van der Waals surface area contributed by atoms with Gasteiger partial charge in [0.15, 0.2) is 0 Å². The van der Waals surface area contributed by atoms with E-state index in [0.717, 1.165) is 17.3 Å². The van der Waals surface area contributed by atoms with Gasteiger partial charge in [-0.3, -0.25) is 0 Å². The van der Waals surface area contributed by atoms with Crippen LogP contribution in [0.25, 0.3) is 0 Å². The van der Waals surface area contributed by atoms with Crippen molar-refractivity contribution in [2.45, 2.75) is 11.8 Å². The summed E-state index contributed by atoms with van der Waals surface area (Å²) in [5.41, 5.74) is 1.18. The smallest absolute Gasteiger partial charge is 0.0562 e. The zero-order valence-electron chi connectivity index (χ0n) is 7.51. The van der Waals surface area contributed by atoms with Gasteiger partial charge in [0.25, 0.3) is 0 Å². The van der Waals surface area contributed by atoms with Crippen LogP contribution in [0.1, 0.15) is 6.92 Å².